The van der Waals surface area contributed by atoms with Gasteiger partial charge in [-0.25, -0.2) is 0 Å². The lowest BCUT2D eigenvalue weighted by Crippen LogP contribution is -2.20. The summed E-state index contributed by atoms with van der Waals surface area (Å²) in [5, 5.41) is 3.26. The molecular formula is C11H15NOS. The highest BCUT2D eigenvalue weighted by molar-refractivity contribution is 7.14. The topological polar surface area (TPSA) is 29.1 Å². The van der Waals surface area contributed by atoms with Crippen molar-refractivity contribution >= 4 is 17.1 Å². The minimum Gasteiger partial charge on any atom is -0.316 e. The zero-order valence-electron chi connectivity index (χ0n) is 8.54. The molecule has 2 nitrogen and oxygen atoms in total. The van der Waals surface area contributed by atoms with Gasteiger partial charge in [0.1, 0.15) is 0 Å². The van der Waals surface area contributed by atoms with Crippen LogP contribution in [0.4, 0.5) is 0 Å². The molecule has 1 N–H and O–H groups in total. The summed E-state index contributed by atoms with van der Waals surface area (Å²) in [6.07, 6.45) is 0. The van der Waals surface area contributed by atoms with Crippen molar-refractivity contribution in [2.24, 2.45) is 11.8 Å². The number of hydrogen-bond donors (Lipinski definition) is 1. The summed E-state index contributed by atoms with van der Waals surface area (Å²) in [4.78, 5) is 14.2. The van der Waals surface area contributed by atoms with E-state index in [9.17, 15) is 4.79 Å². The normalized spacial score (nSPS) is 26.7. The first-order valence-corrected chi connectivity index (χ1v) is 5.81. The Kier molecular flexibility index (Phi) is 2.70. The van der Waals surface area contributed by atoms with Gasteiger partial charge in [0.15, 0.2) is 5.78 Å². The predicted octanol–water partition coefficient (Wildman–Crippen LogP) is 2.09. The first kappa shape index (κ1) is 9.87. The van der Waals surface area contributed by atoms with E-state index in [1.165, 1.54) is 4.88 Å². The Morgan fingerprint density at radius 2 is 2.29 bits per heavy atom. The second-order valence-electron chi connectivity index (χ2n) is 4.02. The van der Waals surface area contributed by atoms with Crippen LogP contribution in [0.3, 0.4) is 0 Å². The molecule has 2 heterocycles. The van der Waals surface area contributed by atoms with Crippen LogP contribution in [0.2, 0.25) is 0 Å². The molecule has 0 radical (unpaired) electrons. The first-order chi connectivity index (χ1) is 6.68. The Hall–Kier alpha value is -0.670. The average molecular weight is 209 g/mol. The van der Waals surface area contributed by atoms with Gasteiger partial charge in [-0.15, -0.1) is 11.3 Å². The maximum atomic E-state index is 12.0. The van der Waals surface area contributed by atoms with Crippen LogP contribution in [0.5, 0.6) is 0 Å². The molecule has 2 atom stereocenters. The molecule has 1 saturated heterocycles. The van der Waals surface area contributed by atoms with Crippen molar-refractivity contribution < 1.29 is 4.79 Å². The number of carbonyl (C=O) groups is 1. The number of rotatable bonds is 2. The van der Waals surface area contributed by atoms with Crippen LogP contribution in [0.1, 0.15) is 21.5 Å². The van der Waals surface area contributed by atoms with E-state index in [1.807, 2.05) is 19.1 Å². The highest BCUT2D eigenvalue weighted by Gasteiger charge is 2.30. The molecule has 1 aliphatic rings. The quantitative estimate of drug-likeness (QED) is 0.756. The summed E-state index contributed by atoms with van der Waals surface area (Å²) in [7, 11) is 0. The van der Waals surface area contributed by atoms with Gasteiger partial charge in [0.05, 0.1) is 4.88 Å². The van der Waals surface area contributed by atoms with E-state index < -0.39 is 0 Å². The molecule has 14 heavy (non-hydrogen) atoms. The fraction of sp³-hybridized carbons (Fsp3) is 0.545. The van der Waals surface area contributed by atoms with Gasteiger partial charge in [-0.2, -0.15) is 0 Å². The lowest BCUT2D eigenvalue weighted by Gasteiger charge is -2.10. The number of nitrogens with one attached hydrogen (secondary N) is 1. The van der Waals surface area contributed by atoms with Gasteiger partial charge < -0.3 is 5.32 Å². The van der Waals surface area contributed by atoms with Crippen LogP contribution >= 0.6 is 11.3 Å². The van der Waals surface area contributed by atoms with E-state index in [-0.39, 0.29) is 5.92 Å². The molecule has 2 unspecified atom stereocenters. The lowest BCUT2D eigenvalue weighted by atomic mass is 9.93. The monoisotopic (exact) mass is 209 g/mol. The molecule has 0 aliphatic carbocycles. The molecule has 0 saturated carbocycles. The fourth-order valence-corrected chi connectivity index (χ4v) is 2.78. The molecule has 3 heteroatoms. The van der Waals surface area contributed by atoms with Crippen molar-refractivity contribution in [3.05, 3.63) is 21.9 Å². The van der Waals surface area contributed by atoms with Crippen LogP contribution in [-0.4, -0.2) is 18.9 Å². The first-order valence-electron chi connectivity index (χ1n) is 5.00. The Bertz CT molecular complexity index is 345. The molecule has 0 aromatic carbocycles. The standard InChI is InChI=1S/C11H15NOS/c1-7-5-12-6-9(7)11(13)10-4-3-8(2)14-10/h3-4,7,9,12H,5-6H2,1-2H3. The van der Waals surface area contributed by atoms with Crippen molar-refractivity contribution in [1.82, 2.24) is 5.32 Å². The Balaban J connectivity index is 2.15. The van der Waals surface area contributed by atoms with Crippen molar-refractivity contribution in [2.45, 2.75) is 13.8 Å². The van der Waals surface area contributed by atoms with Gasteiger partial charge in [-0.3, -0.25) is 4.79 Å². The summed E-state index contributed by atoms with van der Waals surface area (Å²) >= 11 is 1.61. The van der Waals surface area contributed by atoms with Gasteiger partial charge >= 0.3 is 0 Å². The molecular weight excluding hydrogens is 194 g/mol. The van der Waals surface area contributed by atoms with Crippen molar-refractivity contribution in [1.29, 1.82) is 0 Å². The smallest absolute Gasteiger partial charge is 0.177 e. The molecule has 0 bridgehead atoms. The summed E-state index contributed by atoms with van der Waals surface area (Å²) in [5.74, 6) is 0.985. The zero-order valence-corrected chi connectivity index (χ0v) is 9.36. The molecule has 0 amide bonds. The Morgan fingerprint density at radius 1 is 1.50 bits per heavy atom. The fourth-order valence-electron chi connectivity index (χ4n) is 1.91. The van der Waals surface area contributed by atoms with Crippen molar-refractivity contribution in [3.63, 3.8) is 0 Å². The third-order valence-electron chi connectivity index (χ3n) is 2.84. The third-order valence-corrected chi connectivity index (χ3v) is 3.85. The van der Waals surface area contributed by atoms with E-state index in [0.29, 0.717) is 11.7 Å². The number of hydrogen-bond acceptors (Lipinski definition) is 3. The molecule has 0 spiro atoms. The van der Waals surface area contributed by atoms with Crippen molar-refractivity contribution in [2.75, 3.05) is 13.1 Å². The van der Waals surface area contributed by atoms with E-state index in [0.717, 1.165) is 18.0 Å². The molecule has 1 fully saturated rings. The predicted molar refractivity (Wildman–Crippen MR) is 58.9 cm³/mol. The number of ketones is 1. The average Bonchev–Trinajstić information content (AvgIpc) is 2.73. The molecule has 2 rings (SSSR count). The summed E-state index contributed by atoms with van der Waals surface area (Å²) in [6, 6.07) is 3.97. The maximum absolute atomic E-state index is 12.0. The minimum atomic E-state index is 0.188. The van der Waals surface area contributed by atoms with Gasteiger partial charge in [0.25, 0.3) is 0 Å². The largest absolute Gasteiger partial charge is 0.316 e. The molecule has 1 aromatic rings. The summed E-state index contributed by atoms with van der Waals surface area (Å²) in [6.45, 7) is 6.00. The van der Waals surface area contributed by atoms with Crippen LogP contribution < -0.4 is 5.32 Å². The van der Waals surface area contributed by atoms with Crippen molar-refractivity contribution in [3.8, 4) is 0 Å². The summed E-state index contributed by atoms with van der Waals surface area (Å²) in [5.41, 5.74) is 0. The van der Waals surface area contributed by atoms with Gasteiger partial charge in [-0.05, 0) is 31.5 Å². The molecule has 1 aromatic heterocycles. The number of Topliss-reactive ketones (excluding diaryl/α,β-unsaturated/α-hetero) is 1. The number of thiophene rings is 1. The van der Waals surface area contributed by atoms with E-state index in [1.54, 1.807) is 11.3 Å². The minimum absolute atomic E-state index is 0.188. The Labute approximate surface area is 88.3 Å². The Morgan fingerprint density at radius 3 is 2.79 bits per heavy atom. The highest BCUT2D eigenvalue weighted by atomic mass is 32.1. The van der Waals surface area contributed by atoms with Gasteiger partial charge in [0.2, 0.25) is 0 Å². The van der Waals surface area contributed by atoms with E-state index in [4.69, 9.17) is 0 Å². The highest BCUT2D eigenvalue weighted by Crippen LogP contribution is 2.24. The maximum Gasteiger partial charge on any atom is 0.177 e. The molecule has 1 aliphatic heterocycles. The van der Waals surface area contributed by atoms with Gasteiger partial charge in [-0.1, -0.05) is 6.92 Å². The zero-order chi connectivity index (χ0) is 10.1. The third kappa shape index (κ3) is 1.74. The second kappa shape index (κ2) is 3.83. The summed E-state index contributed by atoms with van der Waals surface area (Å²) < 4.78 is 0. The van der Waals surface area contributed by atoms with E-state index >= 15 is 0 Å². The van der Waals surface area contributed by atoms with Crippen LogP contribution in [0.25, 0.3) is 0 Å². The van der Waals surface area contributed by atoms with Crippen LogP contribution in [0.15, 0.2) is 12.1 Å². The SMILES string of the molecule is Cc1ccc(C(=O)C2CNCC2C)s1. The lowest BCUT2D eigenvalue weighted by molar-refractivity contribution is 0.0912. The number of aryl methyl sites for hydroxylation is 1. The van der Waals surface area contributed by atoms with Gasteiger partial charge in [0, 0.05) is 17.3 Å². The second-order valence-corrected chi connectivity index (χ2v) is 5.30. The number of carbonyl (C=O) groups excluding carboxylic acids is 1. The van der Waals surface area contributed by atoms with Crippen LogP contribution in [0, 0.1) is 18.8 Å². The van der Waals surface area contributed by atoms with E-state index in [2.05, 4.69) is 12.2 Å². The van der Waals surface area contributed by atoms with Crippen LogP contribution in [-0.2, 0) is 0 Å². The molecule has 76 valence electrons.